The SMILES string of the molecule is O=C(Cc1ccc(Oc2ccc(C34CC5CC(CC(C5)C3)C4)cc2)cc1)Cc1cc(C(F)(F)F)cc(C(F)(F)F)c1. The van der Waals surface area contributed by atoms with E-state index in [9.17, 15) is 31.1 Å². The minimum atomic E-state index is -4.95. The van der Waals surface area contributed by atoms with Crippen LogP contribution in [0.2, 0.25) is 0 Å². The average Bonchev–Trinajstić information content (AvgIpc) is 2.88. The summed E-state index contributed by atoms with van der Waals surface area (Å²) in [6.07, 6.45) is -2.53. The fraction of sp³-hybridized carbons (Fsp3) is 0.424. The van der Waals surface area contributed by atoms with Crippen molar-refractivity contribution in [3.8, 4) is 11.5 Å². The predicted molar refractivity (Wildman–Crippen MR) is 142 cm³/mol. The lowest BCUT2D eigenvalue weighted by Crippen LogP contribution is -2.48. The van der Waals surface area contributed by atoms with Gasteiger partial charge in [-0.1, -0.05) is 24.3 Å². The fourth-order valence-corrected chi connectivity index (χ4v) is 7.79. The number of alkyl halides is 6. The molecular weight excluding hydrogens is 542 g/mol. The lowest BCUT2D eigenvalue weighted by Gasteiger charge is -2.57. The van der Waals surface area contributed by atoms with E-state index in [1.807, 2.05) is 12.1 Å². The topological polar surface area (TPSA) is 26.3 Å². The van der Waals surface area contributed by atoms with Gasteiger partial charge in [0.15, 0.2) is 0 Å². The van der Waals surface area contributed by atoms with Crippen LogP contribution < -0.4 is 4.74 Å². The van der Waals surface area contributed by atoms with E-state index in [0.717, 1.165) is 17.8 Å². The molecule has 4 saturated carbocycles. The zero-order chi connectivity index (χ0) is 29.0. The van der Waals surface area contributed by atoms with Crippen LogP contribution in [0.15, 0.2) is 66.7 Å². The predicted octanol–water partition coefficient (Wildman–Crippen LogP) is 9.34. The summed E-state index contributed by atoms with van der Waals surface area (Å²) < 4.78 is 84.7. The van der Waals surface area contributed by atoms with Gasteiger partial charge in [0, 0.05) is 12.8 Å². The van der Waals surface area contributed by atoms with Gasteiger partial charge in [-0.15, -0.1) is 0 Å². The van der Waals surface area contributed by atoms with Gasteiger partial charge in [-0.3, -0.25) is 4.79 Å². The van der Waals surface area contributed by atoms with Crippen LogP contribution in [0.1, 0.15) is 66.3 Å². The van der Waals surface area contributed by atoms with Gasteiger partial charge in [-0.25, -0.2) is 0 Å². The molecule has 4 bridgehead atoms. The number of carbonyl (C=O) groups is 1. The van der Waals surface area contributed by atoms with E-state index in [1.165, 1.54) is 44.1 Å². The van der Waals surface area contributed by atoms with Crippen molar-refractivity contribution in [1.82, 2.24) is 0 Å². The van der Waals surface area contributed by atoms with Crippen LogP contribution in [-0.4, -0.2) is 5.78 Å². The number of benzene rings is 3. The highest BCUT2D eigenvalue weighted by atomic mass is 19.4. The first kappa shape index (κ1) is 27.9. The average molecular weight is 573 g/mol. The number of rotatable bonds is 7. The van der Waals surface area contributed by atoms with Gasteiger partial charge >= 0.3 is 12.4 Å². The second-order valence-corrected chi connectivity index (χ2v) is 12.3. The van der Waals surface area contributed by atoms with Crippen molar-refractivity contribution in [3.05, 3.63) is 94.5 Å². The highest BCUT2D eigenvalue weighted by Gasteiger charge is 2.51. The van der Waals surface area contributed by atoms with Crippen LogP contribution in [0.5, 0.6) is 11.5 Å². The number of hydrogen-bond donors (Lipinski definition) is 0. The van der Waals surface area contributed by atoms with Crippen molar-refractivity contribution in [2.24, 2.45) is 17.8 Å². The summed E-state index contributed by atoms with van der Waals surface area (Å²) >= 11 is 0. The third-order valence-electron chi connectivity index (χ3n) is 9.11. The Morgan fingerprint density at radius 2 is 1.10 bits per heavy atom. The van der Waals surface area contributed by atoms with Gasteiger partial charge in [-0.05, 0) is 121 Å². The Morgan fingerprint density at radius 1 is 0.659 bits per heavy atom. The summed E-state index contributed by atoms with van der Waals surface area (Å²) in [6, 6.07) is 16.4. The van der Waals surface area contributed by atoms with Gasteiger partial charge in [0.25, 0.3) is 0 Å². The fourth-order valence-electron chi connectivity index (χ4n) is 7.79. The smallest absolute Gasteiger partial charge is 0.416 e. The first-order chi connectivity index (χ1) is 19.3. The molecule has 0 aliphatic heterocycles. The van der Waals surface area contributed by atoms with Crippen molar-refractivity contribution in [2.75, 3.05) is 0 Å². The van der Waals surface area contributed by atoms with E-state index in [-0.39, 0.29) is 18.1 Å². The first-order valence-electron chi connectivity index (χ1n) is 14.0. The third-order valence-corrected chi connectivity index (χ3v) is 9.11. The molecule has 0 spiro atoms. The quantitative estimate of drug-likeness (QED) is 0.264. The van der Waals surface area contributed by atoms with E-state index in [2.05, 4.69) is 12.1 Å². The maximum atomic E-state index is 13.1. The summed E-state index contributed by atoms with van der Waals surface area (Å²) in [4.78, 5) is 12.5. The standard InChI is InChI=1S/C33H30F6O2/c34-32(35,36)26-12-21(13-27(16-26)33(37,38)39)15-28(40)14-20-1-5-29(6-2-20)41-30-7-3-25(4-8-30)31-17-22-9-23(18-31)11-24(10-22)19-31/h1-8,12-13,16,22-24H,9-11,14-15,17-19H2. The first-order valence-corrected chi connectivity index (χ1v) is 14.0. The molecule has 4 aliphatic rings. The van der Waals surface area contributed by atoms with Crippen molar-refractivity contribution in [3.63, 3.8) is 0 Å². The summed E-state index contributed by atoms with van der Waals surface area (Å²) in [5, 5.41) is 0. The van der Waals surface area contributed by atoms with Crippen molar-refractivity contribution in [2.45, 2.75) is 69.1 Å². The zero-order valence-electron chi connectivity index (χ0n) is 22.3. The van der Waals surface area contributed by atoms with Crippen molar-refractivity contribution < 1.29 is 35.9 Å². The largest absolute Gasteiger partial charge is 0.457 e. The maximum absolute atomic E-state index is 13.1. The molecule has 0 atom stereocenters. The van der Waals surface area contributed by atoms with Crippen LogP contribution in [0, 0.1) is 17.8 Å². The number of carbonyl (C=O) groups excluding carboxylic acids is 1. The Kier molecular flexibility index (Phi) is 6.94. The van der Waals surface area contributed by atoms with Crippen LogP contribution in [0.25, 0.3) is 0 Å². The third kappa shape index (κ3) is 6.02. The second-order valence-electron chi connectivity index (χ2n) is 12.3. The highest BCUT2D eigenvalue weighted by molar-refractivity contribution is 5.83. The Hall–Kier alpha value is -3.29. The number of ketones is 1. The van der Waals surface area contributed by atoms with Crippen LogP contribution in [0.3, 0.4) is 0 Å². The molecular formula is C33H30F6O2. The molecule has 4 aliphatic carbocycles. The number of halogens is 6. The molecule has 0 N–H and O–H groups in total. The highest BCUT2D eigenvalue weighted by Crippen LogP contribution is 2.60. The molecule has 0 unspecified atom stereocenters. The van der Waals surface area contributed by atoms with Gasteiger partial charge < -0.3 is 4.74 Å². The van der Waals surface area contributed by atoms with E-state index < -0.39 is 35.7 Å². The second kappa shape index (κ2) is 10.2. The Balaban J connectivity index is 1.08. The Morgan fingerprint density at radius 3 is 1.56 bits per heavy atom. The van der Waals surface area contributed by atoms with E-state index in [0.29, 0.717) is 34.6 Å². The van der Waals surface area contributed by atoms with Crippen LogP contribution >= 0.6 is 0 Å². The molecule has 7 rings (SSSR count). The number of hydrogen-bond acceptors (Lipinski definition) is 2. The lowest BCUT2D eigenvalue weighted by molar-refractivity contribution is -0.143. The molecule has 0 aromatic heterocycles. The summed E-state index contributed by atoms with van der Waals surface area (Å²) in [7, 11) is 0. The van der Waals surface area contributed by atoms with Gasteiger partial charge in [0.2, 0.25) is 0 Å². The van der Waals surface area contributed by atoms with Crippen LogP contribution in [0.4, 0.5) is 26.3 Å². The lowest BCUT2D eigenvalue weighted by atomic mass is 9.48. The molecule has 3 aromatic carbocycles. The molecule has 3 aromatic rings. The van der Waals surface area contributed by atoms with E-state index >= 15 is 0 Å². The zero-order valence-corrected chi connectivity index (χ0v) is 22.3. The molecule has 41 heavy (non-hydrogen) atoms. The molecule has 0 radical (unpaired) electrons. The molecule has 216 valence electrons. The minimum absolute atomic E-state index is 0.0589. The molecule has 8 heteroatoms. The Bertz CT molecular complexity index is 1350. The summed E-state index contributed by atoms with van der Waals surface area (Å²) in [6.45, 7) is 0. The van der Waals surface area contributed by atoms with Gasteiger partial charge in [0.05, 0.1) is 11.1 Å². The maximum Gasteiger partial charge on any atom is 0.416 e. The Labute approximate surface area is 234 Å². The van der Waals surface area contributed by atoms with E-state index in [1.54, 1.807) is 24.3 Å². The molecule has 2 nitrogen and oxygen atoms in total. The van der Waals surface area contributed by atoms with E-state index in [4.69, 9.17) is 4.74 Å². The summed E-state index contributed by atoms with van der Waals surface area (Å²) in [5.41, 5.74) is -0.883. The van der Waals surface area contributed by atoms with Crippen molar-refractivity contribution >= 4 is 5.78 Å². The molecule has 0 saturated heterocycles. The molecule has 0 amide bonds. The molecule has 4 fully saturated rings. The monoisotopic (exact) mass is 572 g/mol. The number of ether oxygens (including phenoxy) is 1. The van der Waals surface area contributed by atoms with Crippen LogP contribution in [-0.2, 0) is 35.4 Å². The normalized spacial score (nSPS) is 25.4. The van der Waals surface area contributed by atoms with Gasteiger partial charge in [0.1, 0.15) is 17.3 Å². The minimum Gasteiger partial charge on any atom is -0.457 e. The summed E-state index contributed by atoms with van der Waals surface area (Å²) in [5.74, 6) is 3.37. The molecule has 0 heterocycles. The number of Topliss-reactive ketones (excluding diaryl/α,β-unsaturated/α-hetero) is 1. The van der Waals surface area contributed by atoms with Crippen molar-refractivity contribution in [1.29, 1.82) is 0 Å². The van der Waals surface area contributed by atoms with Gasteiger partial charge in [-0.2, -0.15) is 26.3 Å².